The second-order valence-electron chi connectivity index (χ2n) is 13.0. The second-order valence-corrected chi connectivity index (χ2v) is 13.0. The Kier molecular flexibility index (Phi) is 10.5. The van der Waals surface area contributed by atoms with Crippen molar-refractivity contribution in [1.82, 2.24) is 4.98 Å². The number of carboxylic acid groups (broad SMARTS) is 1. The zero-order chi connectivity index (χ0) is 39.4. The van der Waals surface area contributed by atoms with Crippen molar-refractivity contribution in [1.29, 1.82) is 0 Å². The molecule has 20 nitrogen and oxygen atoms in total. The number of nitrogens with zero attached hydrogens (tertiary/aromatic N) is 1. The second kappa shape index (κ2) is 14.7. The molecule has 0 aliphatic carbocycles. The number of carbonyl (C=O) groups is 2. The number of phenolic OH excluding ortho intramolecular Hbond substituents is 3. The van der Waals surface area contributed by atoms with Crippen molar-refractivity contribution in [3.05, 3.63) is 64.5 Å². The number of hydrogen-bond acceptors (Lipinski definition) is 17. The van der Waals surface area contributed by atoms with Crippen molar-refractivity contribution in [2.45, 2.75) is 93.4 Å². The summed E-state index contributed by atoms with van der Waals surface area (Å²) in [6, 6.07) is 6.79. The number of carboxylic acids is 1. The first kappa shape index (κ1) is 38.7. The molecule has 4 heterocycles. The molecule has 10 atom stereocenters. The van der Waals surface area contributed by atoms with Crippen LogP contribution in [0.5, 0.6) is 28.7 Å². The molecule has 0 spiro atoms. The van der Waals surface area contributed by atoms with Crippen molar-refractivity contribution in [3.63, 3.8) is 0 Å². The van der Waals surface area contributed by atoms with Gasteiger partial charge in [-0.15, -0.1) is 0 Å². The first-order chi connectivity index (χ1) is 25.4. The highest BCUT2D eigenvalue weighted by molar-refractivity contribution is 6.04. The zero-order valence-corrected chi connectivity index (χ0v) is 28.0. The van der Waals surface area contributed by atoms with Crippen LogP contribution < -0.4 is 14.5 Å². The minimum absolute atomic E-state index is 0.0147. The lowest BCUT2D eigenvalue weighted by Crippen LogP contribution is -2.69. The minimum Gasteiger partial charge on any atom is -0.667 e. The SMILES string of the molecule is CCc1cc(Cc2c(OC3OC(C(=O)OC4OC(C(=O)O)C(O)(O)C(O)C4O)C(O)C(O)C3O)cc3c(c2O)C(=[OH+])CC(c2ccc(O)c(O)c2)O3)c[n-]1. The third-order valence-corrected chi connectivity index (χ3v) is 9.32. The van der Waals surface area contributed by atoms with Gasteiger partial charge in [-0.3, -0.25) is 4.79 Å². The van der Waals surface area contributed by atoms with Crippen LogP contribution in [0.4, 0.5) is 0 Å². The third-order valence-electron chi connectivity index (χ3n) is 9.32. The van der Waals surface area contributed by atoms with Crippen LogP contribution in [-0.4, -0.2) is 140 Å². The summed E-state index contributed by atoms with van der Waals surface area (Å²) in [4.78, 5) is 40.2. The quantitative estimate of drug-likeness (QED) is 0.0456. The summed E-state index contributed by atoms with van der Waals surface area (Å²) in [5.41, 5.74) is 1.47. The van der Waals surface area contributed by atoms with Gasteiger partial charge in [-0.2, -0.15) is 11.9 Å². The van der Waals surface area contributed by atoms with Crippen LogP contribution in [0, 0.1) is 0 Å². The number of carbonyl (C=O) groups excluding carboxylic acids is 2. The lowest BCUT2D eigenvalue weighted by atomic mass is 9.92. The molecule has 10 unspecified atom stereocenters. The highest BCUT2D eigenvalue weighted by Gasteiger charge is 2.59. The molecule has 3 aliphatic rings. The fourth-order valence-corrected chi connectivity index (χ4v) is 6.31. The number of aliphatic hydroxyl groups excluding tert-OH is 5. The molecule has 0 amide bonds. The van der Waals surface area contributed by atoms with E-state index in [0.717, 1.165) is 0 Å². The molecular formula is C34H37NO19. The van der Waals surface area contributed by atoms with Gasteiger partial charge >= 0.3 is 17.7 Å². The van der Waals surface area contributed by atoms with Crippen LogP contribution >= 0.6 is 0 Å². The number of ether oxygens (including phenoxy) is 5. The molecule has 1 aromatic heterocycles. The van der Waals surface area contributed by atoms with Crippen LogP contribution in [0.2, 0.25) is 0 Å². The van der Waals surface area contributed by atoms with Crippen molar-refractivity contribution < 1.29 is 94.2 Å². The first-order valence-corrected chi connectivity index (χ1v) is 16.4. The Morgan fingerprint density at radius 2 is 1.67 bits per heavy atom. The van der Waals surface area contributed by atoms with E-state index < -0.39 is 96.4 Å². The fourth-order valence-electron chi connectivity index (χ4n) is 6.31. The average molecular weight is 764 g/mol. The molecule has 2 aromatic carbocycles. The zero-order valence-electron chi connectivity index (χ0n) is 28.0. The van der Waals surface area contributed by atoms with Gasteiger partial charge in [0.1, 0.15) is 60.3 Å². The van der Waals surface area contributed by atoms with E-state index in [9.17, 15) is 70.6 Å². The van der Waals surface area contributed by atoms with E-state index in [4.69, 9.17) is 23.7 Å². The highest BCUT2D eigenvalue weighted by atomic mass is 16.8. The number of aliphatic carboxylic acids is 1. The van der Waals surface area contributed by atoms with Crippen LogP contribution in [0.15, 0.2) is 36.5 Å². The van der Waals surface area contributed by atoms with Crippen LogP contribution in [0.25, 0.3) is 0 Å². The molecule has 3 aromatic rings. The van der Waals surface area contributed by atoms with E-state index in [0.29, 0.717) is 23.2 Å². The van der Waals surface area contributed by atoms with Crippen molar-refractivity contribution >= 4 is 17.7 Å². The maximum absolute atomic E-state index is 13.2. The lowest BCUT2D eigenvalue weighted by Gasteiger charge is -2.44. The average Bonchev–Trinajstić information content (AvgIpc) is 3.58. The molecule has 292 valence electrons. The molecule has 12 N–H and O–H groups in total. The van der Waals surface area contributed by atoms with Gasteiger partial charge in [0.2, 0.25) is 24.5 Å². The van der Waals surface area contributed by atoms with Crippen molar-refractivity contribution in [2.75, 3.05) is 0 Å². The molecule has 6 rings (SSSR count). The molecule has 54 heavy (non-hydrogen) atoms. The number of aliphatic hydroxyl groups is 7. The number of ketones is 1. The Morgan fingerprint density at radius 3 is 2.31 bits per heavy atom. The molecule has 0 radical (unpaired) electrons. The van der Waals surface area contributed by atoms with Crippen molar-refractivity contribution in [3.8, 4) is 28.7 Å². The van der Waals surface area contributed by atoms with Gasteiger partial charge in [0.15, 0.2) is 23.2 Å². The molecule has 0 saturated carbocycles. The Hall–Kier alpha value is -5.03. The third kappa shape index (κ3) is 7.01. The predicted molar refractivity (Wildman–Crippen MR) is 173 cm³/mol. The van der Waals surface area contributed by atoms with E-state index in [1.54, 1.807) is 6.07 Å². The summed E-state index contributed by atoms with van der Waals surface area (Å²) < 4.78 is 27.2. The Balaban J connectivity index is 1.32. The number of aromatic nitrogens is 1. The first-order valence-electron chi connectivity index (χ1n) is 16.4. The van der Waals surface area contributed by atoms with Gasteiger partial charge in [-0.1, -0.05) is 31.0 Å². The number of hydrogen-bond donors (Lipinski definition) is 11. The maximum atomic E-state index is 13.2. The normalized spacial score (nSPS) is 30.6. The summed E-state index contributed by atoms with van der Waals surface area (Å²) >= 11 is 0. The Bertz CT molecular complexity index is 1930. The molecular weight excluding hydrogens is 726 g/mol. The van der Waals surface area contributed by atoms with Gasteiger partial charge in [-0.25, -0.2) is 9.59 Å². The molecule has 0 bridgehead atoms. The largest absolute Gasteiger partial charge is 0.667 e. The van der Waals surface area contributed by atoms with E-state index in [1.165, 1.54) is 30.5 Å². The Labute approximate surface area is 303 Å². The number of rotatable bonds is 9. The maximum Gasteiger partial charge on any atom is 0.340 e. The molecule has 3 aliphatic heterocycles. The summed E-state index contributed by atoms with van der Waals surface area (Å²) in [5.74, 6) is -9.38. The predicted octanol–water partition coefficient (Wildman–Crippen LogP) is -2.73. The van der Waals surface area contributed by atoms with E-state index in [2.05, 4.69) is 4.98 Å². The molecule has 2 fully saturated rings. The summed E-state index contributed by atoms with van der Waals surface area (Å²) in [6.07, 6.45) is -20.1. The highest BCUT2D eigenvalue weighted by Crippen LogP contribution is 2.47. The number of phenols is 3. The molecule has 20 heteroatoms. The lowest BCUT2D eigenvalue weighted by molar-refractivity contribution is -0.372. The molecule has 2 saturated heterocycles. The van der Waals surface area contributed by atoms with Crippen LogP contribution in [0.1, 0.15) is 47.4 Å². The summed E-state index contributed by atoms with van der Waals surface area (Å²) in [5, 5.41) is 113. The smallest absolute Gasteiger partial charge is 0.340 e. The monoisotopic (exact) mass is 763 g/mol. The topological polar surface area (TPSA) is 338 Å². The summed E-state index contributed by atoms with van der Waals surface area (Å²) in [7, 11) is 0. The van der Waals surface area contributed by atoms with E-state index in [-0.39, 0.29) is 41.3 Å². The number of aryl methyl sites for hydroxylation is 1. The number of fused-ring (bicyclic) bond motifs is 1. The standard InChI is InChI=1S/C34H36NO19/c1-2-13-5-11(10-35-13)6-14-19(9-20-21(22(14)39)17(38)8-18(50-20)12-3-4-15(36)16(37)7-12)51-32-25(42)23(40)24(41)27(52-32)31(47)54-33-26(43)28(44)34(48,49)29(53-33)30(45)46/h3-5,7,9-10,18,23-29,32-33,36-37,40-44,48-49H,2,6,8H2,1H3,(H,38,39)(H,45,46)/q-1/p+1. The summed E-state index contributed by atoms with van der Waals surface area (Å²) in [6.45, 7) is 1.87. The number of aromatic hydroxyl groups is 3. The van der Waals surface area contributed by atoms with Gasteiger partial charge in [0.25, 0.3) is 0 Å². The fraction of sp³-hybridized carbons (Fsp3) is 0.441. The van der Waals surface area contributed by atoms with Gasteiger partial charge < -0.3 is 84.8 Å². The van der Waals surface area contributed by atoms with Gasteiger partial charge in [-0.05, 0) is 17.7 Å². The number of benzene rings is 2. The number of esters is 1. The van der Waals surface area contributed by atoms with Crippen molar-refractivity contribution in [2.24, 2.45) is 0 Å². The van der Waals surface area contributed by atoms with E-state index >= 15 is 0 Å². The minimum atomic E-state index is -3.52. The van der Waals surface area contributed by atoms with Gasteiger partial charge in [0, 0.05) is 18.1 Å². The van der Waals surface area contributed by atoms with Crippen LogP contribution in [-0.2, 0) is 36.6 Å². The Morgan fingerprint density at radius 1 is 0.944 bits per heavy atom. The van der Waals surface area contributed by atoms with Crippen LogP contribution in [0.3, 0.4) is 0 Å². The van der Waals surface area contributed by atoms with E-state index in [1.807, 2.05) is 6.92 Å². The van der Waals surface area contributed by atoms with Gasteiger partial charge in [0.05, 0.1) is 0 Å².